The van der Waals surface area contributed by atoms with Gasteiger partial charge in [0.2, 0.25) is 0 Å². The number of rotatable bonds is 5. The highest BCUT2D eigenvalue weighted by molar-refractivity contribution is 7.22. The van der Waals surface area contributed by atoms with Gasteiger partial charge in [-0.2, -0.15) is 0 Å². The SMILES string of the molecule is O=C(Nc1cccc(F)c1)Nc1nc2cc(-c3ccc4ncn(Cc5ccccc5)c(=O)c4c3)ccc2s1. The van der Waals surface area contributed by atoms with Crippen molar-refractivity contribution in [2.24, 2.45) is 0 Å². The Morgan fingerprint density at radius 3 is 2.53 bits per heavy atom. The van der Waals surface area contributed by atoms with E-state index in [0.29, 0.717) is 33.8 Å². The number of hydrogen-bond acceptors (Lipinski definition) is 5. The summed E-state index contributed by atoms with van der Waals surface area (Å²) in [5.74, 6) is -0.435. The molecule has 0 saturated carbocycles. The van der Waals surface area contributed by atoms with Crippen molar-refractivity contribution in [2.75, 3.05) is 10.6 Å². The molecule has 0 atom stereocenters. The van der Waals surface area contributed by atoms with Gasteiger partial charge in [-0.1, -0.05) is 59.9 Å². The van der Waals surface area contributed by atoms with E-state index >= 15 is 0 Å². The Bertz CT molecular complexity index is 1870. The molecule has 0 unspecified atom stereocenters. The third-order valence-electron chi connectivity index (χ3n) is 6.04. The van der Waals surface area contributed by atoms with Gasteiger partial charge in [-0.25, -0.2) is 19.2 Å². The highest BCUT2D eigenvalue weighted by Gasteiger charge is 2.11. The summed E-state index contributed by atoms with van der Waals surface area (Å²) >= 11 is 1.33. The van der Waals surface area contributed by atoms with Crippen LogP contribution >= 0.6 is 11.3 Å². The number of amides is 2. The predicted octanol–water partition coefficient (Wildman–Crippen LogP) is 6.50. The third kappa shape index (κ3) is 4.87. The van der Waals surface area contributed by atoms with Crippen LogP contribution in [0.2, 0.25) is 0 Å². The van der Waals surface area contributed by atoms with Crippen LogP contribution in [0, 0.1) is 5.82 Å². The molecule has 2 amide bonds. The molecule has 6 rings (SSSR count). The molecule has 0 bridgehead atoms. The molecule has 0 fully saturated rings. The van der Waals surface area contributed by atoms with Crippen molar-refractivity contribution >= 4 is 49.3 Å². The second kappa shape index (κ2) is 9.87. The van der Waals surface area contributed by atoms with Crippen LogP contribution in [0.25, 0.3) is 32.2 Å². The van der Waals surface area contributed by atoms with Gasteiger partial charge in [0.15, 0.2) is 5.13 Å². The molecule has 0 radical (unpaired) electrons. The summed E-state index contributed by atoms with van der Waals surface area (Å²) in [6, 6.07) is 26.4. The lowest BCUT2D eigenvalue weighted by Crippen LogP contribution is -2.21. The molecule has 6 aromatic rings. The molecule has 0 aliphatic heterocycles. The Hall–Kier alpha value is -4.89. The first-order chi connectivity index (χ1) is 18.5. The van der Waals surface area contributed by atoms with E-state index in [1.165, 1.54) is 29.5 Å². The quantitative estimate of drug-likeness (QED) is 0.271. The average molecular weight is 522 g/mol. The first kappa shape index (κ1) is 23.5. The van der Waals surface area contributed by atoms with E-state index in [1.807, 2.05) is 66.7 Å². The summed E-state index contributed by atoms with van der Waals surface area (Å²) in [6.07, 6.45) is 1.58. The molecule has 0 aliphatic carbocycles. The van der Waals surface area contributed by atoms with Gasteiger partial charge in [0.1, 0.15) is 5.82 Å². The zero-order valence-electron chi connectivity index (χ0n) is 19.9. The molecule has 0 spiro atoms. The van der Waals surface area contributed by atoms with E-state index in [-0.39, 0.29) is 5.56 Å². The van der Waals surface area contributed by atoms with E-state index in [0.717, 1.165) is 21.4 Å². The summed E-state index contributed by atoms with van der Waals surface area (Å²) in [4.78, 5) is 34.6. The smallest absolute Gasteiger partial charge is 0.308 e. The average Bonchev–Trinajstić information content (AvgIpc) is 3.32. The molecular weight excluding hydrogens is 501 g/mol. The molecule has 2 heterocycles. The maximum Gasteiger partial charge on any atom is 0.325 e. The fourth-order valence-electron chi connectivity index (χ4n) is 4.22. The molecule has 38 heavy (non-hydrogen) atoms. The van der Waals surface area contributed by atoms with Crippen molar-refractivity contribution in [3.8, 4) is 11.1 Å². The number of carbonyl (C=O) groups excluding carboxylic acids is 1. The number of carbonyl (C=O) groups is 1. The first-order valence-electron chi connectivity index (χ1n) is 11.8. The van der Waals surface area contributed by atoms with Gasteiger partial charge in [-0.3, -0.25) is 14.7 Å². The van der Waals surface area contributed by atoms with Crippen LogP contribution in [-0.2, 0) is 6.54 Å². The molecule has 4 aromatic carbocycles. The van der Waals surface area contributed by atoms with Gasteiger partial charge in [-0.15, -0.1) is 0 Å². The van der Waals surface area contributed by atoms with Crippen LogP contribution in [0.5, 0.6) is 0 Å². The summed E-state index contributed by atoms with van der Waals surface area (Å²) < 4.78 is 15.9. The Morgan fingerprint density at radius 1 is 0.868 bits per heavy atom. The van der Waals surface area contributed by atoms with E-state index < -0.39 is 11.8 Å². The standard InChI is InChI=1S/C29H20FN5O2S/c30-21-7-4-8-22(15-21)32-28(37)34-29-33-25-14-20(10-12-26(25)38-29)19-9-11-24-23(13-19)27(36)35(17-31-24)16-18-5-2-1-3-6-18/h1-15,17H,16H2,(H2,32,33,34,37). The number of fused-ring (bicyclic) bond motifs is 2. The number of urea groups is 1. The summed E-state index contributed by atoms with van der Waals surface area (Å²) in [5.41, 5.74) is 4.36. The van der Waals surface area contributed by atoms with Crippen LogP contribution < -0.4 is 16.2 Å². The van der Waals surface area contributed by atoms with Crippen LogP contribution in [0.15, 0.2) is 102 Å². The van der Waals surface area contributed by atoms with Crippen LogP contribution in [0.1, 0.15) is 5.56 Å². The number of nitrogens with one attached hydrogen (secondary N) is 2. The number of benzene rings is 4. The number of halogens is 1. The first-order valence-corrected chi connectivity index (χ1v) is 12.6. The number of aromatic nitrogens is 3. The number of hydrogen-bond donors (Lipinski definition) is 2. The van der Waals surface area contributed by atoms with E-state index in [9.17, 15) is 14.0 Å². The van der Waals surface area contributed by atoms with Gasteiger partial charge >= 0.3 is 6.03 Å². The number of thiazole rings is 1. The highest BCUT2D eigenvalue weighted by Crippen LogP contribution is 2.31. The zero-order valence-corrected chi connectivity index (χ0v) is 20.7. The topological polar surface area (TPSA) is 88.9 Å². The Balaban J connectivity index is 1.26. The normalized spacial score (nSPS) is 11.1. The second-order valence-electron chi connectivity index (χ2n) is 8.69. The van der Waals surface area contributed by atoms with Crippen LogP contribution in [-0.4, -0.2) is 20.6 Å². The van der Waals surface area contributed by atoms with Gasteiger partial charge in [0.25, 0.3) is 5.56 Å². The van der Waals surface area contributed by atoms with E-state index in [4.69, 9.17) is 0 Å². The van der Waals surface area contributed by atoms with Crippen LogP contribution in [0.3, 0.4) is 0 Å². The van der Waals surface area contributed by atoms with E-state index in [1.54, 1.807) is 17.0 Å². The number of anilines is 2. The van der Waals surface area contributed by atoms with Gasteiger partial charge in [0, 0.05) is 5.69 Å². The Kier molecular flexibility index (Phi) is 6.11. The lowest BCUT2D eigenvalue weighted by atomic mass is 10.0. The predicted molar refractivity (Wildman–Crippen MR) is 149 cm³/mol. The lowest BCUT2D eigenvalue weighted by Gasteiger charge is -2.08. The minimum absolute atomic E-state index is 0.105. The van der Waals surface area contributed by atoms with Crippen molar-refractivity contribution in [2.45, 2.75) is 6.54 Å². The largest absolute Gasteiger partial charge is 0.325 e. The molecule has 0 saturated heterocycles. The number of nitrogens with zero attached hydrogens (tertiary/aromatic N) is 3. The van der Waals surface area contributed by atoms with Crippen molar-refractivity contribution < 1.29 is 9.18 Å². The van der Waals surface area contributed by atoms with Crippen molar-refractivity contribution in [1.29, 1.82) is 0 Å². The fourth-order valence-corrected chi connectivity index (χ4v) is 5.06. The molecule has 186 valence electrons. The summed E-state index contributed by atoms with van der Waals surface area (Å²) in [7, 11) is 0. The maximum absolute atomic E-state index is 13.4. The Morgan fingerprint density at radius 2 is 1.68 bits per heavy atom. The molecular formula is C29H20FN5O2S. The maximum atomic E-state index is 13.4. The van der Waals surface area contributed by atoms with Crippen molar-refractivity contribution in [1.82, 2.24) is 14.5 Å². The fraction of sp³-hybridized carbons (Fsp3) is 0.0345. The molecule has 7 nitrogen and oxygen atoms in total. The second-order valence-corrected chi connectivity index (χ2v) is 9.72. The molecule has 0 aliphatic rings. The Labute approximate surface area is 220 Å². The highest BCUT2D eigenvalue weighted by atomic mass is 32.1. The summed E-state index contributed by atoms with van der Waals surface area (Å²) in [6.45, 7) is 0.445. The van der Waals surface area contributed by atoms with Crippen molar-refractivity contribution in [3.63, 3.8) is 0 Å². The molecule has 9 heteroatoms. The zero-order chi connectivity index (χ0) is 26.1. The minimum Gasteiger partial charge on any atom is -0.308 e. The third-order valence-corrected chi connectivity index (χ3v) is 7.00. The lowest BCUT2D eigenvalue weighted by molar-refractivity contribution is 0.262. The molecule has 2 aromatic heterocycles. The summed E-state index contributed by atoms with van der Waals surface area (Å²) in [5, 5.41) is 6.24. The van der Waals surface area contributed by atoms with Gasteiger partial charge in [0.05, 0.1) is 34.0 Å². The monoisotopic (exact) mass is 521 g/mol. The van der Waals surface area contributed by atoms with Crippen LogP contribution in [0.4, 0.5) is 20.0 Å². The van der Waals surface area contributed by atoms with Gasteiger partial charge in [-0.05, 0) is 59.2 Å². The van der Waals surface area contributed by atoms with E-state index in [2.05, 4.69) is 20.6 Å². The van der Waals surface area contributed by atoms with Gasteiger partial charge < -0.3 is 5.32 Å². The molecule has 2 N–H and O–H groups in total. The minimum atomic E-state index is -0.510. The van der Waals surface area contributed by atoms with Crippen molar-refractivity contribution in [3.05, 3.63) is 119 Å².